The van der Waals surface area contributed by atoms with E-state index in [4.69, 9.17) is 16.3 Å². The lowest BCUT2D eigenvalue weighted by atomic mass is 10.0. The molecule has 4 nitrogen and oxygen atoms in total. The van der Waals surface area contributed by atoms with Gasteiger partial charge in [-0.1, -0.05) is 46.6 Å². The zero-order chi connectivity index (χ0) is 19.7. The van der Waals surface area contributed by atoms with Crippen molar-refractivity contribution in [3.05, 3.63) is 63.2 Å². The molecule has 0 spiro atoms. The highest BCUT2D eigenvalue weighted by Crippen LogP contribution is 2.42. The molecular formula is C21H17BrClN3OS. The molecule has 0 saturated heterocycles. The zero-order valence-corrected chi connectivity index (χ0v) is 18.5. The Morgan fingerprint density at radius 3 is 2.61 bits per heavy atom. The van der Waals surface area contributed by atoms with Gasteiger partial charge in [0, 0.05) is 20.6 Å². The first-order valence-corrected chi connectivity index (χ1v) is 10.7. The smallest absolute Gasteiger partial charge is 0.143 e. The van der Waals surface area contributed by atoms with Gasteiger partial charge < -0.3 is 10.1 Å². The summed E-state index contributed by atoms with van der Waals surface area (Å²) in [7, 11) is 1.60. The van der Waals surface area contributed by atoms with Crippen LogP contribution in [0.2, 0.25) is 5.02 Å². The third kappa shape index (κ3) is 3.60. The van der Waals surface area contributed by atoms with E-state index >= 15 is 0 Å². The second-order valence-corrected chi connectivity index (χ2v) is 8.54. The van der Waals surface area contributed by atoms with Gasteiger partial charge in [-0.05, 0) is 42.3 Å². The summed E-state index contributed by atoms with van der Waals surface area (Å²) in [5.41, 5.74) is 3.17. The summed E-state index contributed by atoms with van der Waals surface area (Å²) in [4.78, 5) is 11.3. The standard InChI is InChI=1S/C21H17BrClN3OS/c1-3-17-18(12-4-6-13(22)7-5-12)19-20(24-11-25-21(19)28-17)26-14-8-9-16(27-2)15(23)10-14/h4-11H,3H2,1-2H3,(H,24,25,26). The molecule has 2 heterocycles. The highest BCUT2D eigenvalue weighted by Gasteiger charge is 2.18. The fourth-order valence-electron chi connectivity index (χ4n) is 3.13. The predicted octanol–water partition coefficient (Wildman–Crippen LogP) is 7.09. The largest absolute Gasteiger partial charge is 0.495 e. The Morgan fingerprint density at radius 1 is 1.14 bits per heavy atom. The average molecular weight is 475 g/mol. The molecule has 4 aromatic rings. The number of halogens is 2. The molecule has 2 aromatic heterocycles. The summed E-state index contributed by atoms with van der Waals surface area (Å²) in [5.74, 6) is 1.40. The van der Waals surface area contributed by atoms with Gasteiger partial charge in [0.15, 0.2) is 0 Å². The minimum Gasteiger partial charge on any atom is -0.495 e. The Balaban J connectivity index is 1.86. The molecule has 0 bridgehead atoms. The topological polar surface area (TPSA) is 47.0 Å². The van der Waals surface area contributed by atoms with Crippen molar-refractivity contribution in [2.24, 2.45) is 0 Å². The highest BCUT2D eigenvalue weighted by atomic mass is 79.9. The number of aromatic nitrogens is 2. The summed E-state index contributed by atoms with van der Waals surface area (Å²) in [6.07, 6.45) is 2.53. The molecule has 142 valence electrons. The maximum absolute atomic E-state index is 6.28. The van der Waals surface area contributed by atoms with Crippen LogP contribution in [-0.4, -0.2) is 17.1 Å². The van der Waals surface area contributed by atoms with Gasteiger partial charge in [-0.15, -0.1) is 11.3 Å². The number of hydrogen-bond acceptors (Lipinski definition) is 5. The number of nitrogens with one attached hydrogen (secondary N) is 1. The number of thiophene rings is 1. The van der Waals surface area contributed by atoms with Gasteiger partial charge in [-0.3, -0.25) is 0 Å². The van der Waals surface area contributed by atoms with Crippen molar-refractivity contribution in [1.82, 2.24) is 9.97 Å². The van der Waals surface area contributed by atoms with Crippen LogP contribution < -0.4 is 10.1 Å². The second-order valence-electron chi connectivity index (χ2n) is 6.14. The molecule has 4 rings (SSSR count). The number of ether oxygens (including phenoxy) is 1. The molecule has 0 aliphatic rings. The van der Waals surface area contributed by atoms with Crippen molar-refractivity contribution >= 4 is 60.6 Å². The number of anilines is 2. The lowest BCUT2D eigenvalue weighted by Crippen LogP contribution is -1.96. The van der Waals surface area contributed by atoms with Crippen LogP contribution in [0.25, 0.3) is 21.3 Å². The molecule has 7 heteroatoms. The molecule has 0 saturated carbocycles. The molecule has 0 unspecified atom stereocenters. The van der Waals surface area contributed by atoms with Crippen LogP contribution in [-0.2, 0) is 6.42 Å². The summed E-state index contributed by atoms with van der Waals surface area (Å²) in [5, 5.41) is 4.98. The van der Waals surface area contributed by atoms with Crippen LogP contribution in [0, 0.1) is 0 Å². The van der Waals surface area contributed by atoms with Gasteiger partial charge >= 0.3 is 0 Å². The fourth-order valence-corrected chi connectivity index (χ4v) is 4.75. The second kappa shape index (κ2) is 8.07. The van der Waals surface area contributed by atoms with E-state index in [0.717, 1.165) is 38.2 Å². The summed E-state index contributed by atoms with van der Waals surface area (Å²) in [6.45, 7) is 2.16. The van der Waals surface area contributed by atoms with Crippen LogP contribution in [0.1, 0.15) is 11.8 Å². The molecule has 0 radical (unpaired) electrons. The van der Waals surface area contributed by atoms with E-state index in [0.29, 0.717) is 10.8 Å². The summed E-state index contributed by atoms with van der Waals surface area (Å²) < 4.78 is 6.29. The molecule has 1 N–H and O–H groups in total. The molecule has 0 aliphatic heterocycles. The lowest BCUT2D eigenvalue weighted by molar-refractivity contribution is 0.415. The van der Waals surface area contributed by atoms with E-state index in [1.807, 2.05) is 18.2 Å². The number of rotatable bonds is 5. The first-order valence-electron chi connectivity index (χ1n) is 8.73. The minimum absolute atomic E-state index is 0.547. The lowest BCUT2D eigenvalue weighted by Gasteiger charge is -2.11. The molecule has 0 aliphatic carbocycles. The molecule has 28 heavy (non-hydrogen) atoms. The monoisotopic (exact) mass is 473 g/mol. The third-order valence-electron chi connectivity index (χ3n) is 4.43. The van der Waals surface area contributed by atoms with E-state index in [1.165, 1.54) is 10.4 Å². The average Bonchev–Trinajstić information content (AvgIpc) is 3.08. The SMILES string of the molecule is CCc1sc2ncnc(Nc3ccc(OC)c(Cl)c3)c2c1-c1ccc(Br)cc1. The van der Waals surface area contributed by atoms with Gasteiger partial charge in [0.2, 0.25) is 0 Å². The maximum atomic E-state index is 6.28. The first-order chi connectivity index (χ1) is 13.6. The molecule has 0 fully saturated rings. The number of aryl methyl sites for hydroxylation is 1. The first kappa shape index (κ1) is 19.2. The molecule has 0 atom stereocenters. The van der Waals surface area contributed by atoms with E-state index in [2.05, 4.69) is 62.4 Å². The van der Waals surface area contributed by atoms with Gasteiger partial charge in [0.1, 0.15) is 22.7 Å². The van der Waals surface area contributed by atoms with Gasteiger partial charge in [0.25, 0.3) is 0 Å². The van der Waals surface area contributed by atoms with Crippen LogP contribution in [0.15, 0.2) is 53.3 Å². The van der Waals surface area contributed by atoms with Crippen molar-refractivity contribution in [2.75, 3.05) is 12.4 Å². The Labute approximate surface area is 180 Å². The van der Waals surface area contributed by atoms with Crippen LogP contribution in [0.4, 0.5) is 11.5 Å². The van der Waals surface area contributed by atoms with Crippen molar-refractivity contribution < 1.29 is 4.74 Å². The van der Waals surface area contributed by atoms with Crippen molar-refractivity contribution in [2.45, 2.75) is 13.3 Å². The van der Waals surface area contributed by atoms with E-state index < -0.39 is 0 Å². The van der Waals surface area contributed by atoms with Gasteiger partial charge in [-0.25, -0.2) is 9.97 Å². The van der Waals surface area contributed by atoms with E-state index in [9.17, 15) is 0 Å². The maximum Gasteiger partial charge on any atom is 0.143 e. The van der Waals surface area contributed by atoms with Crippen molar-refractivity contribution in [3.8, 4) is 16.9 Å². The van der Waals surface area contributed by atoms with E-state index in [1.54, 1.807) is 24.8 Å². The zero-order valence-electron chi connectivity index (χ0n) is 15.3. The number of hydrogen-bond donors (Lipinski definition) is 1. The van der Waals surface area contributed by atoms with Crippen molar-refractivity contribution in [1.29, 1.82) is 0 Å². The Bertz CT molecular complexity index is 1140. The normalized spacial score (nSPS) is 11.0. The number of benzene rings is 2. The Morgan fingerprint density at radius 2 is 1.93 bits per heavy atom. The third-order valence-corrected chi connectivity index (χ3v) is 6.50. The van der Waals surface area contributed by atoms with Crippen molar-refractivity contribution in [3.63, 3.8) is 0 Å². The van der Waals surface area contributed by atoms with Crippen LogP contribution in [0.3, 0.4) is 0 Å². The summed E-state index contributed by atoms with van der Waals surface area (Å²) >= 11 is 11.5. The summed E-state index contributed by atoms with van der Waals surface area (Å²) in [6, 6.07) is 13.9. The number of nitrogens with zero attached hydrogens (tertiary/aromatic N) is 2. The van der Waals surface area contributed by atoms with Gasteiger partial charge in [-0.2, -0.15) is 0 Å². The quantitative estimate of drug-likeness (QED) is 0.335. The fraction of sp³-hybridized carbons (Fsp3) is 0.143. The predicted molar refractivity (Wildman–Crippen MR) is 121 cm³/mol. The Kier molecular flexibility index (Phi) is 5.53. The minimum atomic E-state index is 0.547. The molecule has 0 amide bonds. The number of fused-ring (bicyclic) bond motifs is 1. The van der Waals surface area contributed by atoms with Crippen LogP contribution >= 0.6 is 38.9 Å². The van der Waals surface area contributed by atoms with Crippen LogP contribution in [0.5, 0.6) is 5.75 Å². The molecule has 2 aromatic carbocycles. The Hall–Kier alpha value is -2.15. The molecular weight excluding hydrogens is 458 g/mol. The highest BCUT2D eigenvalue weighted by molar-refractivity contribution is 9.10. The van der Waals surface area contributed by atoms with E-state index in [-0.39, 0.29) is 0 Å². The van der Waals surface area contributed by atoms with Gasteiger partial charge in [0.05, 0.1) is 17.5 Å². The number of methoxy groups -OCH3 is 1.